The fraction of sp³-hybridized carbons (Fsp3) is 0.320. The highest BCUT2D eigenvalue weighted by molar-refractivity contribution is 6.45. The number of amides is 1. The molecule has 0 aliphatic carbocycles. The summed E-state index contributed by atoms with van der Waals surface area (Å²) in [5, 5.41) is 8.15. The number of nitrogens with zero attached hydrogens (tertiary/aromatic N) is 3. The molecule has 0 unspecified atom stereocenters. The molecule has 0 bridgehead atoms. The van der Waals surface area contributed by atoms with Crippen molar-refractivity contribution in [1.82, 2.24) is 4.90 Å². The van der Waals surface area contributed by atoms with Crippen LogP contribution >= 0.6 is 0 Å². The van der Waals surface area contributed by atoms with Crippen LogP contribution in [-0.2, 0) is 27.5 Å². The van der Waals surface area contributed by atoms with E-state index in [0.29, 0.717) is 5.56 Å². The van der Waals surface area contributed by atoms with Gasteiger partial charge in [0.15, 0.2) is 5.71 Å². The average molecular weight is 422 g/mol. The molecule has 0 N–H and O–H groups in total. The van der Waals surface area contributed by atoms with Crippen LogP contribution in [0.15, 0.2) is 64.9 Å². The van der Waals surface area contributed by atoms with E-state index in [1.54, 1.807) is 14.1 Å². The predicted molar refractivity (Wildman–Crippen MR) is 126 cm³/mol. The molecule has 0 heterocycles. The second-order valence-electron chi connectivity index (χ2n) is 7.36. The Hall–Kier alpha value is -3.41. The van der Waals surface area contributed by atoms with E-state index in [1.807, 2.05) is 37.3 Å². The summed E-state index contributed by atoms with van der Waals surface area (Å²) in [6, 6.07) is 15.9. The van der Waals surface area contributed by atoms with Gasteiger partial charge in [-0.2, -0.15) is 0 Å². The van der Waals surface area contributed by atoms with Crippen molar-refractivity contribution in [2.75, 3.05) is 21.2 Å². The molecule has 2 aromatic carbocycles. The Morgan fingerprint density at radius 2 is 1.71 bits per heavy atom. The number of carbonyl (C=O) groups is 1. The molecule has 6 heteroatoms. The van der Waals surface area contributed by atoms with Crippen molar-refractivity contribution in [3.8, 4) is 0 Å². The summed E-state index contributed by atoms with van der Waals surface area (Å²) < 4.78 is 0. The van der Waals surface area contributed by atoms with Gasteiger partial charge in [-0.15, -0.1) is 0 Å². The number of allylic oxidation sites excluding steroid dienone is 2. The van der Waals surface area contributed by atoms with Crippen molar-refractivity contribution in [2.24, 2.45) is 10.3 Å². The Labute approximate surface area is 184 Å². The molecule has 0 spiro atoms. The van der Waals surface area contributed by atoms with Crippen molar-refractivity contribution in [3.05, 3.63) is 76.9 Å². The molecule has 0 saturated carbocycles. The van der Waals surface area contributed by atoms with Crippen molar-refractivity contribution in [2.45, 2.75) is 33.8 Å². The molecule has 6 nitrogen and oxygen atoms in total. The van der Waals surface area contributed by atoms with E-state index in [-0.39, 0.29) is 18.2 Å². The summed E-state index contributed by atoms with van der Waals surface area (Å²) in [6.45, 7) is 6.29. The first-order valence-corrected chi connectivity index (χ1v) is 10.2. The van der Waals surface area contributed by atoms with Gasteiger partial charge in [-0.3, -0.25) is 4.79 Å². The fourth-order valence-corrected chi connectivity index (χ4v) is 3.01. The van der Waals surface area contributed by atoms with Crippen molar-refractivity contribution >= 4 is 22.9 Å². The maximum Gasteiger partial charge on any atom is 0.276 e. The summed E-state index contributed by atoms with van der Waals surface area (Å²) >= 11 is 0. The molecule has 0 fully saturated rings. The standard InChI is InChI=1S/C25H31N3O3/c1-7-20-12-14-21(15-13-20)18(2)16-19(3)26-31-17-22-10-8-9-11-23(22)24(27-30-6)25(29)28(4)5/h8-16H,7,17H2,1-6H3/b18-16+,26-19-,27-24+. The first-order chi connectivity index (χ1) is 14.9. The van der Waals surface area contributed by atoms with E-state index >= 15 is 0 Å². The van der Waals surface area contributed by atoms with Gasteiger partial charge in [0.2, 0.25) is 0 Å². The first-order valence-electron chi connectivity index (χ1n) is 10.2. The molecule has 0 saturated heterocycles. The molecule has 0 aliphatic heterocycles. The molecule has 0 atom stereocenters. The zero-order valence-electron chi connectivity index (χ0n) is 19.2. The Morgan fingerprint density at radius 1 is 1.03 bits per heavy atom. The first kappa shape index (κ1) is 23.9. The molecule has 0 aliphatic rings. The van der Waals surface area contributed by atoms with Crippen LogP contribution in [0.4, 0.5) is 0 Å². The van der Waals surface area contributed by atoms with Crippen LogP contribution in [0.1, 0.15) is 43.0 Å². The lowest BCUT2D eigenvalue weighted by atomic mass is 10.0. The number of aryl methyl sites for hydroxylation is 1. The monoisotopic (exact) mass is 421 g/mol. The summed E-state index contributed by atoms with van der Waals surface area (Å²) in [6.07, 6.45) is 3.01. The number of hydrogen-bond donors (Lipinski definition) is 0. The summed E-state index contributed by atoms with van der Waals surface area (Å²) in [5.74, 6) is -0.248. The smallest absolute Gasteiger partial charge is 0.276 e. The van der Waals surface area contributed by atoms with E-state index in [1.165, 1.54) is 17.6 Å². The number of rotatable bonds is 9. The van der Waals surface area contributed by atoms with E-state index in [9.17, 15) is 4.79 Å². The Morgan fingerprint density at radius 3 is 2.32 bits per heavy atom. The topological polar surface area (TPSA) is 63.5 Å². The summed E-state index contributed by atoms with van der Waals surface area (Å²) in [7, 11) is 4.76. The molecule has 164 valence electrons. The molecule has 0 radical (unpaired) electrons. The maximum absolute atomic E-state index is 12.5. The highest BCUT2D eigenvalue weighted by atomic mass is 16.6. The van der Waals surface area contributed by atoms with Crippen LogP contribution in [-0.4, -0.2) is 43.4 Å². The quantitative estimate of drug-likeness (QED) is 0.436. The number of carbonyl (C=O) groups excluding carboxylic acids is 1. The Kier molecular flexibility index (Phi) is 9.00. The van der Waals surface area contributed by atoms with Crippen molar-refractivity contribution in [1.29, 1.82) is 0 Å². The second-order valence-corrected chi connectivity index (χ2v) is 7.36. The molecule has 2 rings (SSSR count). The van der Waals surface area contributed by atoms with Gasteiger partial charge in [-0.25, -0.2) is 0 Å². The van der Waals surface area contributed by atoms with Crippen LogP contribution in [0, 0.1) is 0 Å². The van der Waals surface area contributed by atoms with Crippen LogP contribution in [0.3, 0.4) is 0 Å². The van der Waals surface area contributed by atoms with Crippen molar-refractivity contribution < 1.29 is 14.5 Å². The predicted octanol–water partition coefficient (Wildman–Crippen LogP) is 4.68. The van der Waals surface area contributed by atoms with Gasteiger partial charge in [0, 0.05) is 25.2 Å². The van der Waals surface area contributed by atoms with Crippen molar-refractivity contribution in [3.63, 3.8) is 0 Å². The summed E-state index contributed by atoms with van der Waals surface area (Å²) in [4.78, 5) is 24.4. The maximum atomic E-state index is 12.5. The third-order valence-electron chi connectivity index (χ3n) is 4.74. The minimum absolute atomic E-state index is 0.203. The Balaban J connectivity index is 2.15. The van der Waals surface area contributed by atoms with Gasteiger partial charge in [-0.1, -0.05) is 65.8 Å². The van der Waals surface area contributed by atoms with Gasteiger partial charge >= 0.3 is 0 Å². The number of oxime groups is 2. The number of hydrogen-bond acceptors (Lipinski definition) is 5. The van der Waals surface area contributed by atoms with Gasteiger partial charge in [0.05, 0.1) is 5.71 Å². The highest BCUT2D eigenvalue weighted by Crippen LogP contribution is 2.16. The lowest BCUT2D eigenvalue weighted by Gasteiger charge is -2.14. The molecule has 2 aromatic rings. The normalized spacial score (nSPS) is 12.5. The molecule has 0 aromatic heterocycles. The van der Waals surface area contributed by atoms with Gasteiger partial charge in [-0.05, 0) is 43.0 Å². The average Bonchev–Trinajstić information content (AvgIpc) is 2.77. The number of benzene rings is 2. The van der Waals surface area contributed by atoms with Gasteiger partial charge < -0.3 is 14.6 Å². The molecule has 31 heavy (non-hydrogen) atoms. The summed E-state index contributed by atoms with van der Waals surface area (Å²) in [5.41, 5.74) is 6.00. The molecule has 1 amide bonds. The van der Waals surface area contributed by atoms with Gasteiger partial charge in [0.25, 0.3) is 5.91 Å². The van der Waals surface area contributed by atoms with Crippen LogP contribution < -0.4 is 0 Å². The third-order valence-corrected chi connectivity index (χ3v) is 4.74. The Bertz CT molecular complexity index is 974. The van der Waals surface area contributed by atoms with E-state index < -0.39 is 0 Å². The minimum Gasteiger partial charge on any atom is -0.398 e. The van der Waals surface area contributed by atoms with E-state index in [4.69, 9.17) is 9.68 Å². The largest absolute Gasteiger partial charge is 0.398 e. The number of likely N-dealkylation sites (N-methyl/N-ethyl adjacent to an activating group) is 1. The highest BCUT2D eigenvalue weighted by Gasteiger charge is 2.20. The second kappa shape index (κ2) is 11.7. The fourth-order valence-electron chi connectivity index (χ4n) is 3.01. The van der Waals surface area contributed by atoms with Gasteiger partial charge in [0.1, 0.15) is 13.7 Å². The molecular formula is C25H31N3O3. The van der Waals surface area contributed by atoms with E-state index in [2.05, 4.69) is 48.4 Å². The zero-order valence-corrected chi connectivity index (χ0v) is 19.2. The minimum atomic E-state index is -0.248. The lowest BCUT2D eigenvalue weighted by molar-refractivity contribution is -0.121. The van der Waals surface area contributed by atoms with E-state index in [0.717, 1.165) is 28.8 Å². The molecular weight excluding hydrogens is 390 g/mol. The lowest BCUT2D eigenvalue weighted by Crippen LogP contribution is -2.31. The van der Waals surface area contributed by atoms with Crippen LogP contribution in [0.2, 0.25) is 0 Å². The van der Waals surface area contributed by atoms with Crippen LogP contribution in [0.5, 0.6) is 0 Å². The zero-order chi connectivity index (χ0) is 22.8. The third kappa shape index (κ3) is 6.81. The van der Waals surface area contributed by atoms with Crippen LogP contribution in [0.25, 0.3) is 5.57 Å². The SMILES string of the molecule is CCc1ccc(/C(C)=C/C(C)=N\OCc2ccccc2/C(=N\OC)C(=O)N(C)C)cc1.